The lowest BCUT2D eigenvalue weighted by atomic mass is 10.2. The minimum Gasteiger partial charge on any atom is -0.298 e. The lowest BCUT2D eigenvalue weighted by Gasteiger charge is -2.14. The standard InChI is InChI=1S/C18H19N5O/c1-3-16-19-17(22-21-14-10-5-4-6-11-14)20-18(24)23(16)15-12-8-7-9-13(15)2/h4-12,21H,3H2,1-2H3,(H,20,22,24). The highest BCUT2D eigenvalue weighted by Crippen LogP contribution is 2.14. The molecule has 0 aliphatic heterocycles. The lowest BCUT2D eigenvalue weighted by Crippen LogP contribution is -2.29. The number of anilines is 2. The van der Waals surface area contributed by atoms with Crippen LogP contribution in [0.2, 0.25) is 0 Å². The summed E-state index contributed by atoms with van der Waals surface area (Å²) >= 11 is 0. The SMILES string of the molecule is CCc1nc(NNc2ccccc2)nc(=O)n1-c1ccccc1C. The van der Waals surface area contributed by atoms with Crippen LogP contribution in [-0.4, -0.2) is 14.5 Å². The van der Waals surface area contributed by atoms with Gasteiger partial charge in [-0.2, -0.15) is 9.97 Å². The fraction of sp³-hybridized carbons (Fsp3) is 0.167. The third kappa shape index (κ3) is 3.27. The summed E-state index contributed by atoms with van der Waals surface area (Å²) in [7, 11) is 0. The molecular weight excluding hydrogens is 302 g/mol. The first kappa shape index (κ1) is 15.7. The van der Waals surface area contributed by atoms with Crippen molar-refractivity contribution in [2.45, 2.75) is 20.3 Å². The molecule has 0 spiro atoms. The third-order valence-electron chi connectivity index (χ3n) is 3.65. The fourth-order valence-electron chi connectivity index (χ4n) is 2.45. The zero-order valence-corrected chi connectivity index (χ0v) is 13.7. The van der Waals surface area contributed by atoms with Gasteiger partial charge >= 0.3 is 5.69 Å². The number of hydrazine groups is 1. The van der Waals surface area contributed by atoms with Crippen LogP contribution in [0.15, 0.2) is 59.4 Å². The monoisotopic (exact) mass is 321 g/mol. The van der Waals surface area contributed by atoms with Crippen LogP contribution in [0.4, 0.5) is 11.6 Å². The highest BCUT2D eigenvalue weighted by molar-refractivity contribution is 5.47. The van der Waals surface area contributed by atoms with Crippen molar-refractivity contribution in [3.8, 4) is 5.69 Å². The van der Waals surface area contributed by atoms with Crippen molar-refractivity contribution in [2.24, 2.45) is 0 Å². The van der Waals surface area contributed by atoms with E-state index in [0.717, 1.165) is 16.9 Å². The number of aryl methyl sites for hydroxylation is 2. The van der Waals surface area contributed by atoms with E-state index >= 15 is 0 Å². The van der Waals surface area contributed by atoms with Gasteiger partial charge in [0.25, 0.3) is 0 Å². The van der Waals surface area contributed by atoms with Gasteiger partial charge in [-0.1, -0.05) is 43.3 Å². The van der Waals surface area contributed by atoms with E-state index in [0.29, 0.717) is 12.2 Å². The number of nitrogens with one attached hydrogen (secondary N) is 2. The highest BCUT2D eigenvalue weighted by atomic mass is 16.1. The molecule has 0 amide bonds. The Hall–Kier alpha value is -3.15. The van der Waals surface area contributed by atoms with Crippen molar-refractivity contribution < 1.29 is 0 Å². The maximum Gasteiger partial charge on any atom is 0.356 e. The van der Waals surface area contributed by atoms with Gasteiger partial charge in [0, 0.05) is 6.42 Å². The second-order valence-corrected chi connectivity index (χ2v) is 5.34. The third-order valence-corrected chi connectivity index (χ3v) is 3.65. The van der Waals surface area contributed by atoms with Crippen LogP contribution < -0.4 is 16.5 Å². The summed E-state index contributed by atoms with van der Waals surface area (Å²) in [6.07, 6.45) is 0.617. The molecule has 1 aromatic heterocycles. The summed E-state index contributed by atoms with van der Waals surface area (Å²) in [6, 6.07) is 17.3. The summed E-state index contributed by atoms with van der Waals surface area (Å²) in [6.45, 7) is 3.93. The van der Waals surface area contributed by atoms with E-state index < -0.39 is 0 Å². The Bertz CT molecular complexity index is 889. The number of para-hydroxylation sites is 2. The van der Waals surface area contributed by atoms with E-state index in [-0.39, 0.29) is 11.6 Å². The van der Waals surface area contributed by atoms with Crippen molar-refractivity contribution in [1.82, 2.24) is 14.5 Å². The Labute approximate surface area is 140 Å². The number of hydrogen-bond donors (Lipinski definition) is 2. The molecule has 6 nitrogen and oxygen atoms in total. The van der Waals surface area contributed by atoms with Gasteiger partial charge in [0.1, 0.15) is 5.82 Å². The largest absolute Gasteiger partial charge is 0.356 e. The first-order valence-corrected chi connectivity index (χ1v) is 7.82. The molecule has 0 unspecified atom stereocenters. The molecule has 0 atom stereocenters. The molecule has 0 radical (unpaired) electrons. The molecule has 0 saturated heterocycles. The lowest BCUT2D eigenvalue weighted by molar-refractivity contribution is 0.768. The van der Waals surface area contributed by atoms with Crippen molar-refractivity contribution in [3.63, 3.8) is 0 Å². The predicted octanol–water partition coefficient (Wildman–Crippen LogP) is 2.94. The number of nitrogens with zero attached hydrogens (tertiary/aromatic N) is 3. The van der Waals surface area contributed by atoms with Gasteiger partial charge in [-0.3, -0.25) is 10.9 Å². The minimum atomic E-state index is -0.353. The molecule has 6 heteroatoms. The Morgan fingerprint density at radius 2 is 1.67 bits per heavy atom. The molecule has 2 N–H and O–H groups in total. The quantitative estimate of drug-likeness (QED) is 0.707. The fourth-order valence-corrected chi connectivity index (χ4v) is 2.45. The summed E-state index contributed by atoms with van der Waals surface area (Å²) < 4.78 is 1.56. The van der Waals surface area contributed by atoms with Crippen molar-refractivity contribution in [3.05, 3.63) is 76.5 Å². The molecule has 0 aliphatic carbocycles. The number of rotatable bonds is 5. The maximum atomic E-state index is 12.5. The van der Waals surface area contributed by atoms with Crippen LogP contribution in [0.25, 0.3) is 5.69 Å². The second-order valence-electron chi connectivity index (χ2n) is 5.34. The van der Waals surface area contributed by atoms with Crippen LogP contribution in [0.1, 0.15) is 18.3 Å². The van der Waals surface area contributed by atoms with E-state index in [2.05, 4.69) is 20.8 Å². The van der Waals surface area contributed by atoms with Gasteiger partial charge in [0.2, 0.25) is 5.95 Å². The Morgan fingerprint density at radius 3 is 2.38 bits per heavy atom. The van der Waals surface area contributed by atoms with E-state index in [1.807, 2.05) is 68.4 Å². The van der Waals surface area contributed by atoms with Gasteiger partial charge in [0.05, 0.1) is 11.4 Å². The van der Waals surface area contributed by atoms with E-state index in [1.165, 1.54) is 0 Å². The molecule has 0 saturated carbocycles. The Balaban J connectivity index is 1.94. The molecule has 3 aromatic rings. The van der Waals surface area contributed by atoms with Gasteiger partial charge in [-0.15, -0.1) is 0 Å². The Kier molecular flexibility index (Phi) is 4.56. The average molecular weight is 321 g/mol. The van der Waals surface area contributed by atoms with E-state index in [4.69, 9.17) is 0 Å². The zero-order valence-electron chi connectivity index (χ0n) is 13.7. The zero-order chi connectivity index (χ0) is 16.9. The van der Waals surface area contributed by atoms with Gasteiger partial charge < -0.3 is 0 Å². The molecule has 24 heavy (non-hydrogen) atoms. The van der Waals surface area contributed by atoms with E-state index in [9.17, 15) is 4.79 Å². The molecule has 0 bridgehead atoms. The highest BCUT2D eigenvalue weighted by Gasteiger charge is 2.12. The summed E-state index contributed by atoms with van der Waals surface area (Å²) in [5, 5.41) is 0. The molecule has 1 heterocycles. The number of aromatic nitrogens is 3. The second kappa shape index (κ2) is 6.95. The Morgan fingerprint density at radius 1 is 0.958 bits per heavy atom. The first-order chi connectivity index (χ1) is 11.7. The topological polar surface area (TPSA) is 71.8 Å². The predicted molar refractivity (Wildman–Crippen MR) is 95.4 cm³/mol. The molecule has 3 rings (SSSR count). The van der Waals surface area contributed by atoms with Crippen LogP contribution >= 0.6 is 0 Å². The van der Waals surface area contributed by atoms with Crippen molar-refractivity contribution in [1.29, 1.82) is 0 Å². The molecule has 0 aliphatic rings. The van der Waals surface area contributed by atoms with Gasteiger partial charge in [-0.25, -0.2) is 9.36 Å². The van der Waals surface area contributed by atoms with Crippen LogP contribution in [0, 0.1) is 6.92 Å². The first-order valence-electron chi connectivity index (χ1n) is 7.82. The maximum absolute atomic E-state index is 12.5. The van der Waals surface area contributed by atoms with Gasteiger partial charge in [-0.05, 0) is 30.7 Å². The van der Waals surface area contributed by atoms with Crippen LogP contribution in [0.3, 0.4) is 0 Å². The van der Waals surface area contributed by atoms with Crippen molar-refractivity contribution in [2.75, 3.05) is 10.9 Å². The normalized spacial score (nSPS) is 10.4. The molecule has 122 valence electrons. The van der Waals surface area contributed by atoms with Crippen LogP contribution in [0.5, 0.6) is 0 Å². The van der Waals surface area contributed by atoms with Crippen LogP contribution in [-0.2, 0) is 6.42 Å². The summed E-state index contributed by atoms with van der Waals surface area (Å²) in [5.41, 5.74) is 8.19. The molecular formula is C18H19N5O. The minimum absolute atomic E-state index is 0.255. The van der Waals surface area contributed by atoms with Gasteiger partial charge in [0.15, 0.2) is 0 Å². The summed E-state index contributed by atoms with van der Waals surface area (Å²) in [4.78, 5) is 21.0. The average Bonchev–Trinajstić information content (AvgIpc) is 2.61. The van der Waals surface area contributed by atoms with E-state index in [1.54, 1.807) is 4.57 Å². The summed E-state index contributed by atoms with van der Waals surface area (Å²) in [5.74, 6) is 0.909. The molecule has 0 fully saturated rings. The number of hydrogen-bond acceptors (Lipinski definition) is 5. The molecule has 2 aromatic carbocycles. The smallest absolute Gasteiger partial charge is 0.298 e. The van der Waals surface area contributed by atoms with Crippen molar-refractivity contribution >= 4 is 11.6 Å². The number of benzene rings is 2.